The Kier molecular flexibility index (Phi) is 8.70. The summed E-state index contributed by atoms with van der Waals surface area (Å²) in [6.45, 7) is 7.74. The van der Waals surface area contributed by atoms with Crippen LogP contribution in [0, 0.1) is 12.8 Å². The highest BCUT2D eigenvalue weighted by atomic mass is 35.5. The van der Waals surface area contributed by atoms with Crippen LogP contribution < -0.4 is 4.74 Å². The fourth-order valence-corrected chi connectivity index (χ4v) is 5.59. The second kappa shape index (κ2) is 11.9. The average molecular weight is 525 g/mol. The molecule has 2 atom stereocenters. The molecule has 0 aliphatic carbocycles. The zero-order chi connectivity index (χ0) is 25.7. The molecule has 0 saturated heterocycles. The minimum atomic E-state index is -0.194. The summed E-state index contributed by atoms with van der Waals surface area (Å²) in [5.74, 6) is 0.811. The van der Waals surface area contributed by atoms with E-state index in [4.69, 9.17) is 16.3 Å². The van der Waals surface area contributed by atoms with E-state index < -0.39 is 0 Å². The van der Waals surface area contributed by atoms with E-state index >= 15 is 0 Å². The Morgan fingerprint density at radius 1 is 1.19 bits per heavy atom. The third kappa shape index (κ3) is 6.29. The molecule has 2 amide bonds. The second-order valence-electron chi connectivity index (χ2n) is 9.49. The summed E-state index contributed by atoms with van der Waals surface area (Å²) in [6.07, 6.45) is 1.73. The van der Waals surface area contributed by atoms with Gasteiger partial charge < -0.3 is 14.5 Å². The number of amides is 2. The van der Waals surface area contributed by atoms with Crippen LogP contribution in [0.5, 0.6) is 5.75 Å². The van der Waals surface area contributed by atoms with Crippen LogP contribution in [0.4, 0.5) is 0 Å². The molecule has 1 aliphatic rings. The van der Waals surface area contributed by atoms with Gasteiger partial charge in [-0.05, 0) is 66.6 Å². The summed E-state index contributed by atoms with van der Waals surface area (Å²) in [7, 11) is 0. The lowest BCUT2D eigenvalue weighted by atomic mass is 10.00. The minimum absolute atomic E-state index is 0.0240. The van der Waals surface area contributed by atoms with E-state index in [0.29, 0.717) is 30.3 Å². The number of fused-ring (bicyclic) bond motifs is 1. The molecule has 0 unspecified atom stereocenters. The fraction of sp³-hybridized carbons (Fsp3) is 0.379. The van der Waals surface area contributed by atoms with Gasteiger partial charge in [0.15, 0.2) is 0 Å². The molecule has 3 aromatic rings. The van der Waals surface area contributed by atoms with Crippen LogP contribution in [-0.2, 0) is 11.2 Å². The number of nitrogens with zero attached hydrogens (tertiary/aromatic N) is 2. The quantitative estimate of drug-likeness (QED) is 0.325. The highest BCUT2D eigenvalue weighted by Gasteiger charge is 2.34. The SMILES string of the molecule is CC[C@H](C)CN(CC(=O)N1CCc2sccc2[C@@H]1COc1ccc(C)cc1)C(=O)c1cccc(Cl)c1. The highest BCUT2D eigenvalue weighted by molar-refractivity contribution is 7.10. The summed E-state index contributed by atoms with van der Waals surface area (Å²) in [5.41, 5.74) is 2.81. The van der Waals surface area contributed by atoms with E-state index in [1.165, 1.54) is 10.4 Å². The molecule has 0 spiro atoms. The van der Waals surface area contributed by atoms with Crippen LogP contribution in [0.15, 0.2) is 60.0 Å². The van der Waals surface area contributed by atoms with Gasteiger partial charge in [-0.3, -0.25) is 9.59 Å². The van der Waals surface area contributed by atoms with Crippen molar-refractivity contribution in [2.75, 3.05) is 26.2 Å². The first-order valence-electron chi connectivity index (χ1n) is 12.5. The van der Waals surface area contributed by atoms with Crippen LogP contribution in [0.1, 0.15) is 52.7 Å². The monoisotopic (exact) mass is 524 g/mol. The molecular formula is C29H33ClN2O3S. The number of hydrogen-bond donors (Lipinski definition) is 0. The second-order valence-corrected chi connectivity index (χ2v) is 10.9. The molecule has 0 fully saturated rings. The van der Waals surface area contributed by atoms with Crippen LogP contribution in [0.3, 0.4) is 0 Å². The molecule has 0 N–H and O–H groups in total. The van der Waals surface area contributed by atoms with Crippen molar-refractivity contribution in [2.45, 2.75) is 39.7 Å². The van der Waals surface area contributed by atoms with Crippen molar-refractivity contribution in [3.05, 3.63) is 86.6 Å². The topological polar surface area (TPSA) is 49.9 Å². The predicted molar refractivity (Wildman–Crippen MR) is 146 cm³/mol. The molecule has 7 heteroatoms. The van der Waals surface area contributed by atoms with Crippen LogP contribution in [0.2, 0.25) is 5.02 Å². The number of carbonyl (C=O) groups is 2. The molecule has 0 bridgehead atoms. The van der Waals surface area contributed by atoms with E-state index in [1.807, 2.05) is 36.1 Å². The third-order valence-corrected chi connectivity index (χ3v) is 7.99. The van der Waals surface area contributed by atoms with Crippen molar-refractivity contribution in [2.24, 2.45) is 5.92 Å². The van der Waals surface area contributed by atoms with Gasteiger partial charge >= 0.3 is 0 Å². The van der Waals surface area contributed by atoms with Crippen molar-refractivity contribution in [3.63, 3.8) is 0 Å². The van der Waals surface area contributed by atoms with Crippen LogP contribution >= 0.6 is 22.9 Å². The van der Waals surface area contributed by atoms with Gasteiger partial charge in [-0.15, -0.1) is 11.3 Å². The molecule has 2 heterocycles. The van der Waals surface area contributed by atoms with Crippen LogP contribution in [0.25, 0.3) is 0 Å². The lowest BCUT2D eigenvalue weighted by molar-refractivity contribution is -0.135. The molecular weight excluding hydrogens is 492 g/mol. The number of ether oxygens (including phenoxy) is 1. The number of halogens is 1. The van der Waals surface area contributed by atoms with Gasteiger partial charge in [0, 0.05) is 28.6 Å². The first-order valence-corrected chi connectivity index (χ1v) is 13.7. The molecule has 4 rings (SSSR count). The predicted octanol–water partition coefficient (Wildman–Crippen LogP) is 6.40. The van der Waals surface area contributed by atoms with Crippen molar-refractivity contribution < 1.29 is 14.3 Å². The number of aryl methyl sites for hydroxylation is 1. The van der Waals surface area contributed by atoms with E-state index in [2.05, 4.69) is 25.3 Å². The Hall–Kier alpha value is -2.83. The Bertz CT molecular complexity index is 1190. The maximum Gasteiger partial charge on any atom is 0.254 e. The van der Waals surface area contributed by atoms with E-state index in [0.717, 1.165) is 24.2 Å². The molecule has 190 valence electrons. The summed E-state index contributed by atoms with van der Waals surface area (Å²) >= 11 is 7.87. The average Bonchev–Trinajstić information content (AvgIpc) is 3.36. The Morgan fingerprint density at radius 3 is 2.69 bits per heavy atom. The number of hydrogen-bond acceptors (Lipinski definition) is 4. The van der Waals surface area contributed by atoms with Gasteiger partial charge in [-0.2, -0.15) is 0 Å². The lowest BCUT2D eigenvalue weighted by Gasteiger charge is -2.37. The molecule has 5 nitrogen and oxygen atoms in total. The maximum atomic E-state index is 13.7. The van der Waals surface area contributed by atoms with Gasteiger partial charge in [0.2, 0.25) is 5.91 Å². The number of benzene rings is 2. The standard InChI is InChI=1S/C29H33ClN2O3S/c1-4-20(2)17-31(29(34)22-6-5-7-23(30)16-22)18-28(33)32-14-12-27-25(13-15-36-27)26(32)19-35-24-10-8-21(3)9-11-24/h5-11,13,15-16,20,26H,4,12,14,17-19H2,1-3H3/t20-,26-/m0/s1. The smallest absolute Gasteiger partial charge is 0.254 e. The Balaban J connectivity index is 1.54. The summed E-state index contributed by atoms with van der Waals surface area (Å²) in [6, 6.07) is 16.8. The number of carbonyl (C=O) groups excluding carboxylic acids is 2. The zero-order valence-electron chi connectivity index (χ0n) is 21.1. The normalized spacial score (nSPS) is 15.8. The van der Waals surface area contributed by atoms with Gasteiger partial charge in [0.05, 0.1) is 6.04 Å². The highest BCUT2D eigenvalue weighted by Crippen LogP contribution is 2.34. The molecule has 1 aliphatic heterocycles. The van der Waals surface area contributed by atoms with Gasteiger partial charge in [-0.25, -0.2) is 0 Å². The zero-order valence-corrected chi connectivity index (χ0v) is 22.6. The lowest BCUT2D eigenvalue weighted by Crippen LogP contribution is -2.48. The molecule has 36 heavy (non-hydrogen) atoms. The van der Waals surface area contributed by atoms with E-state index in [1.54, 1.807) is 40.5 Å². The number of rotatable bonds is 9. The van der Waals surface area contributed by atoms with Gasteiger partial charge in [0.1, 0.15) is 18.9 Å². The van der Waals surface area contributed by atoms with Gasteiger partial charge in [-0.1, -0.05) is 55.6 Å². The van der Waals surface area contributed by atoms with E-state index in [9.17, 15) is 9.59 Å². The summed E-state index contributed by atoms with van der Waals surface area (Å²) in [4.78, 5) is 32.0. The summed E-state index contributed by atoms with van der Waals surface area (Å²) < 4.78 is 6.14. The van der Waals surface area contributed by atoms with Gasteiger partial charge in [0.25, 0.3) is 5.91 Å². The van der Waals surface area contributed by atoms with Crippen LogP contribution in [-0.4, -0.2) is 47.9 Å². The Morgan fingerprint density at radius 2 is 1.97 bits per heavy atom. The Labute approximate surface area is 222 Å². The molecule has 0 radical (unpaired) electrons. The van der Waals surface area contributed by atoms with E-state index in [-0.39, 0.29) is 30.3 Å². The van der Waals surface area contributed by atoms with Crippen molar-refractivity contribution >= 4 is 34.8 Å². The van der Waals surface area contributed by atoms with Crippen molar-refractivity contribution in [1.82, 2.24) is 9.80 Å². The largest absolute Gasteiger partial charge is 0.491 e. The maximum absolute atomic E-state index is 13.7. The number of thiophene rings is 1. The first kappa shape index (κ1) is 26.2. The summed E-state index contributed by atoms with van der Waals surface area (Å²) in [5, 5.41) is 2.58. The molecule has 1 aromatic heterocycles. The first-order chi connectivity index (χ1) is 17.4. The van der Waals surface area contributed by atoms with Crippen molar-refractivity contribution in [3.8, 4) is 5.75 Å². The molecule has 2 aromatic carbocycles. The van der Waals surface area contributed by atoms with Crippen molar-refractivity contribution in [1.29, 1.82) is 0 Å². The fourth-order valence-electron chi connectivity index (χ4n) is 4.47. The third-order valence-electron chi connectivity index (χ3n) is 6.76. The molecule has 0 saturated carbocycles. The minimum Gasteiger partial charge on any atom is -0.491 e.